The molecule has 8 nitrogen and oxygen atoms in total. The zero-order chi connectivity index (χ0) is 20.9. The molecule has 1 saturated heterocycles. The van der Waals surface area contributed by atoms with Gasteiger partial charge in [0, 0.05) is 30.7 Å². The second-order valence-electron chi connectivity index (χ2n) is 7.66. The first-order valence-electron chi connectivity index (χ1n) is 9.33. The highest BCUT2D eigenvalue weighted by molar-refractivity contribution is 7.89. The first-order valence-corrected chi connectivity index (χ1v) is 10.8. The minimum Gasteiger partial charge on any atom is -0.379 e. The molecule has 1 fully saturated rings. The van der Waals surface area contributed by atoms with Gasteiger partial charge in [-0.25, -0.2) is 8.42 Å². The third kappa shape index (κ3) is 5.76. The third-order valence-corrected chi connectivity index (χ3v) is 6.14. The Morgan fingerprint density at radius 2 is 1.71 bits per heavy atom. The summed E-state index contributed by atoms with van der Waals surface area (Å²) in [5.74, 6) is -0.559. The van der Waals surface area contributed by atoms with Gasteiger partial charge in [0.15, 0.2) is 0 Å². The molecule has 0 aliphatic carbocycles. The van der Waals surface area contributed by atoms with Crippen LogP contribution in [0.25, 0.3) is 0 Å². The molecule has 0 bridgehead atoms. The van der Waals surface area contributed by atoms with Crippen molar-refractivity contribution < 1.29 is 22.7 Å². The van der Waals surface area contributed by atoms with Crippen molar-refractivity contribution in [2.24, 2.45) is 0 Å². The van der Waals surface area contributed by atoms with Crippen LogP contribution in [0.3, 0.4) is 0 Å². The summed E-state index contributed by atoms with van der Waals surface area (Å²) in [6.07, 6.45) is 0. The molecule has 28 heavy (non-hydrogen) atoms. The minimum absolute atomic E-state index is 0.0551. The predicted molar refractivity (Wildman–Crippen MR) is 105 cm³/mol. The average molecular weight is 412 g/mol. The lowest BCUT2D eigenvalue weighted by atomic mass is 10.1. The fourth-order valence-corrected chi connectivity index (χ4v) is 4.25. The molecule has 0 saturated carbocycles. The van der Waals surface area contributed by atoms with E-state index < -0.39 is 10.0 Å². The standard InChI is InChI=1S/C19H29N3O5S/c1-5-21(14-17(23)20-19(2,3)4)18(24)15-6-8-16(9-7-15)28(25,26)22-10-12-27-13-11-22/h6-9H,5,10-14H2,1-4H3,(H,20,23). The first kappa shape index (κ1) is 22.3. The van der Waals surface area contributed by atoms with Gasteiger partial charge in [-0.15, -0.1) is 0 Å². The van der Waals surface area contributed by atoms with Crippen LogP contribution in [-0.2, 0) is 19.6 Å². The van der Waals surface area contributed by atoms with E-state index in [1.165, 1.54) is 33.5 Å². The molecule has 1 aliphatic rings. The number of nitrogens with one attached hydrogen (secondary N) is 1. The highest BCUT2D eigenvalue weighted by Crippen LogP contribution is 2.18. The molecule has 2 amide bonds. The van der Waals surface area contributed by atoms with Crippen LogP contribution in [0.5, 0.6) is 0 Å². The summed E-state index contributed by atoms with van der Waals surface area (Å²) in [5, 5.41) is 2.83. The van der Waals surface area contributed by atoms with Crippen LogP contribution in [0.4, 0.5) is 0 Å². The van der Waals surface area contributed by atoms with Crippen LogP contribution >= 0.6 is 0 Å². The van der Waals surface area contributed by atoms with Crippen LogP contribution in [0.1, 0.15) is 38.1 Å². The predicted octanol–water partition coefficient (Wildman–Crippen LogP) is 1.08. The molecule has 0 unspecified atom stereocenters. The summed E-state index contributed by atoms with van der Waals surface area (Å²) in [7, 11) is -3.61. The number of amides is 2. The van der Waals surface area contributed by atoms with Gasteiger partial charge in [-0.3, -0.25) is 9.59 Å². The van der Waals surface area contributed by atoms with Crippen molar-refractivity contribution in [3.05, 3.63) is 29.8 Å². The number of sulfonamides is 1. The van der Waals surface area contributed by atoms with Crippen molar-refractivity contribution in [2.75, 3.05) is 39.4 Å². The molecular formula is C19H29N3O5S. The highest BCUT2D eigenvalue weighted by atomic mass is 32.2. The fraction of sp³-hybridized carbons (Fsp3) is 0.579. The monoisotopic (exact) mass is 411 g/mol. The number of ether oxygens (including phenoxy) is 1. The molecule has 1 aromatic carbocycles. The second-order valence-corrected chi connectivity index (χ2v) is 9.60. The number of morpholine rings is 1. The molecule has 1 N–H and O–H groups in total. The van der Waals surface area contributed by atoms with E-state index in [9.17, 15) is 18.0 Å². The molecule has 0 spiro atoms. The fourth-order valence-electron chi connectivity index (χ4n) is 2.85. The van der Waals surface area contributed by atoms with Crippen molar-refractivity contribution in [3.8, 4) is 0 Å². The number of hydrogen-bond acceptors (Lipinski definition) is 5. The number of nitrogens with zero attached hydrogens (tertiary/aromatic N) is 2. The van der Waals surface area contributed by atoms with Gasteiger partial charge in [0.25, 0.3) is 5.91 Å². The molecule has 156 valence electrons. The van der Waals surface area contributed by atoms with E-state index in [-0.39, 0.29) is 28.8 Å². The smallest absolute Gasteiger partial charge is 0.254 e. The van der Waals surface area contributed by atoms with E-state index in [1.807, 2.05) is 20.8 Å². The Kier molecular flexibility index (Phi) is 7.19. The van der Waals surface area contributed by atoms with Crippen LogP contribution in [0, 0.1) is 0 Å². The van der Waals surface area contributed by atoms with E-state index in [1.54, 1.807) is 6.92 Å². The van der Waals surface area contributed by atoms with Gasteiger partial charge >= 0.3 is 0 Å². The second kappa shape index (κ2) is 9.02. The third-order valence-electron chi connectivity index (χ3n) is 4.23. The van der Waals surface area contributed by atoms with Crippen molar-refractivity contribution in [2.45, 2.75) is 38.1 Å². The molecule has 0 radical (unpaired) electrons. The number of benzene rings is 1. The Balaban J connectivity index is 2.10. The van der Waals surface area contributed by atoms with Gasteiger partial charge in [0.1, 0.15) is 0 Å². The molecule has 1 aromatic rings. The maximum Gasteiger partial charge on any atom is 0.254 e. The number of likely N-dealkylation sites (N-methyl/N-ethyl adjacent to an activating group) is 1. The van der Waals surface area contributed by atoms with Crippen LogP contribution in [0.2, 0.25) is 0 Å². The number of carbonyl (C=O) groups excluding carboxylic acids is 2. The SMILES string of the molecule is CCN(CC(=O)NC(C)(C)C)C(=O)c1ccc(S(=O)(=O)N2CCOCC2)cc1. The lowest BCUT2D eigenvalue weighted by Gasteiger charge is -2.26. The van der Waals surface area contributed by atoms with Crippen LogP contribution < -0.4 is 5.32 Å². The highest BCUT2D eigenvalue weighted by Gasteiger charge is 2.27. The molecule has 1 heterocycles. The summed E-state index contributed by atoms with van der Waals surface area (Å²) in [6.45, 7) is 9.09. The van der Waals surface area contributed by atoms with Gasteiger partial charge in [0.05, 0.1) is 24.7 Å². The van der Waals surface area contributed by atoms with Crippen LogP contribution in [0.15, 0.2) is 29.2 Å². The first-order chi connectivity index (χ1) is 13.0. The average Bonchev–Trinajstić information content (AvgIpc) is 2.65. The summed E-state index contributed by atoms with van der Waals surface area (Å²) < 4.78 is 31.9. The summed E-state index contributed by atoms with van der Waals surface area (Å²) >= 11 is 0. The normalized spacial score (nSPS) is 15.9. The van der Waals surface area contributed by atoms with Gasteiger partial charge in [0.2, 0.25) is 15.9 Å². The summed E-state index contributed by atoms with van der Waals surface area (Å²) in [6, 6.07) is 5.84. The van der Waals surface area contributed by atoms with E-state index in [4.69, 9.17) is 4.74 Å². The van der Waals surface area contributed by atoms with E-state index in [0.717, 1.165) is 0 Å². The lowest BCUT2D eigenvalue weighted by Crippen LogP contribution is -2.47. The van der Waals surface area contributed by atoms with E-state index in [2.05, 4.69) is 5.32 Å². The number of carbonyl (C=O) groups is 2. The molecule has 0 aromatic heterocycles. The van der Waals surface area contributed by atoms with Gasteiger partial charge < -0.3 is 15.0 Å². The zero-order valence-corrected chi connectivity index (χ0v) is 17.7. The molecule has 1 aliphatic heterocycles. The zero-order valence-electron chi connectivity index (χ0n) is 16.9. The van der Waals surface area contributed by atoms with E-state index >= 15 is 0 Å². The molecule has 2 rings (SSSR count). The van der Waals surface area contributed by atoms with Crippen molar-refractivity contribution in [1.29, 1.82) is 0 Å². The Labute approximate surface area is 166 Å². The van der Waals surface area contributed by atoms with Crippen molar-refractivity contribution in [1.82, 2.24) is 14.5 Å². The van der Waals surface area contributed by atoms with Gasteiger partial charge in [-0.05, 0) is 52.0 Å². The quantitative estimate of drug-likeness (QED) is 0.756. The largest absolute Gasteiger partial charge is 0.379 e. The van der Waals surface area contributed by atoms with Crippen molar-refractivity contribution >= 4 is 21.8 Å². The van der Waals surface area contributed by atoms with Crippen molar-refractivity contribution in [3.63, 3.8) is 0 Å². The maximum absolute atomic E-state index is 12.7. The molecular weight excluding hydrogens is 382 g/mol. The summed E-state index contributed by atoms with van der Waals surface area (Å²) in [5.41, 5.74) is -0.0407. The summed E-state index contributed by atoms with van der Waals surface area (Å²) in [4.78, 5) is 26.4. The van der Waals surface area contributed by atoms with E-state index in [0.29, 0.717) is 38.4 Å². The molecule has 9 heteroatoms. The Hall–Kier alpha value is -1.97. The minimum atomic E-state index is -3.61. The Morgan fingerprint density at radius 3 is 2.21 bits per heavy atom. The van der Waals surface area contributed by atoms with Gasteiger partial charge in [-0.1, -0.05) is 0 Å². The van der Waals surface area contributed by atoms with Crippen LogP contribution in [-0.4, -0.2) is 74.4 Å². The Morgan fingerprint density at radius 1 is 1.14 bits per heavy atom. The topological polar surface area (TPSA) is 96.0 Å². The Bertz CT molecular complexity index is 794. The number of hydrogen-bond donors (Lipinski definition) is 1. The van der Waals surface area contributed by atoms with Gasteiger partial charge in [-0.2, -0.15) is 4.31 Å². The lowest BCUT2D eigenvalue weighted by molar-refractivity contribution is -0.123. The molecule has 0 atom stereocenters. The number of rotatable bonds is 6. The maximum atomic E-state index is 12.7.